The maximum atomic E-state index is 13.3. The zero-order valence-corrected chi connectivity index (χ0v) is 20.7. The first kappa shape index (κ1) is 27.4. The molecular formula is C27H29F6NO3. The zero-order valence-electron chi connectivity index (χ0n) is 20.7. The Morgan fingerprint density at radius 2 is 1.57 bits per heavy atom. The van der Waals surface area contributed by atoms with Crippen molar-refractivity contribution in [3.8, 4) is 0 Å². The highest BCUT2D eigenvalue weighted by molar-refractivity contribution is 5.78. The molecule has 2 fully saturated rings. The topological polar surface area (TPSA) is 47.6 Å². The van der Waals surface area contributed by atoms with Gasteiger partial charge in [-0.25, -0.2) is 0 Å². The van der Waals surface area contributed by atoms with Crippen molar-refractivity contribution >= 4 is 5.97 Å². The van der Waals surface area contributed by atoms with E-state index < -0.39 is 46.1 Å². The molecule has 0 amide bonds. The number of hydrogen-bond acceptors (Lipinski definition) is 4. The Kier molecular flexibility index (Phi) is 6.90. The van der Waals surface area contributed by atoms with Crippen LogP contribution in [0.5, 0.6) is 0 Å². The van der Waals surface area contributed by atoms with E-state index >= 15 is 0 Å². The first-order valence-electron chi connectivity index (χ1n) is 12.0. The Labute approximate surface area is 211 Å². The minimum absolute atomic E-state index is 0.0107. The Morgan fingerprint density at radius 1 is 0.973 bits per heavy atom. The summed E-state index contributed by atoms with van der Waals surface area (Å²) in [6.45, 7) is 5.43. The van der Waals surface area contributed by atoms with Crippen molar-refractivity contribution in [2.24, 2.45) is 5.41 Å². The summed E-state index contributed by atoms with van der Waals surface area (Å²) in [6.07, 6.45) is -9.37. The molecule has 1 N–H and O–H groups in total. The van der Waals surface area contributed by atoms with Gasteiger partial charge in [0.1, 0.15) is 5.60 Å². The quantitative estimate of drug-likeness (QED) is 0.342. The number of ether oxygens (including phenoxy) is 2. The van der Waals surface area contributed by atoms with Crippen LogP contribution in [-0.4, -0.2) is 24.7 Å². The summed E-state index contributed by atoms with van der Waals surface area (Å²) in [6, 6.07) is 10.8. The molecule has 2 heterocycles. The van der Waals surface area contributed by atoms with Gasteiger partial charge in [0.15, 0.2) is 0 Å². The molecule has 4 nitrogen and oxygen atoms in total. The number of rotatable bonds is 5. The molecule has 2 aliphatic heterocycles. The van der Waals surface area contributed by atoms with Gasteiger partial charge in [-0.2, -0.15) is 26.3 Å². The molecule has 37 heavy (non-hydrogen) atoms. The lowest BCUT2D eigenvalue weighted by molar-refractivity contribution is -0.156. The molecule has 0 saturated carbocycles. The number of carbonyl (C=O) groups excluding carboxylic acids is 1. The largest absolute Gasteiger partial charge is 0.457 e. The molecule has 202 valence electrons. The lowest BCUT2D eigenvalue weighted by atomic mass is 9.74. The number of esters is 1. The summed E-state index contributed by atoms with van der Waals surface area (Å²) in [5, 5.41) is 3.46. The van der Waals surface area contributed by atoms with Gasteiger partial charge >= 0.3 is 18.3 Å². The van der Waals surface area contributed by atoms with Crippen molar-refractivity contribution in [3.63, 3.8) is 0 Å². The fourth-order valence-corrected chi connectivity index (χ4v) is 5.22. The van der Waals surface area contributed by atoms with E-state index in [4.69, 9.17) is 9.47 Å². The van der Waals surface area contributed by atoms with Crippen molar-refractivity contribution in [2.45, 2.75) is 69.6 Å². The van der Waals surface area contributed by atoms with Gasteiger partial charge in [-0.3, -0.25) is 4.79 Å². The smallest absolute Gasteiger partial charge is 0.416 e. The fourth-order valence-electron chi connectivity index (χ4n) is 5.22. The zero-order chi connectivity index (χ0) is 27.3. The lowest BCUT2D eigenvalue weighted by Gasteiger charge is -2.45. The third-order valence-corrected chi connectivity index (χ3v) is 7.37. The second-order valence-electron chi connectivity index (χ2n) is 10.7. The molecule has 2 aromatic carbocycles. The van der Waals surface area contributed by atoms with Crippen molar-refractivity contribution in [1.29, 1.82) is 0 Å². The summed E-state index contributed by atoms with van der Waals surface area (Å²) in [7, 11) is 0. The van der Waals surface area contributed by atoms with Gasteiger partial charge in [-0.05, 0) is 62.9 Å². The number of nitrogens with one attached hydrogen (secondary N) is 1. The van der Waals surface area contributed by atoms with Crippen LogP contribution < -0.4 is 5.32 Å². The monoisotopic (exact) mass is 529 g/mol. The van der Waals surface area contributed by atoms with Crippen LogP contribution >= 0.6 is 0 Å². The van der Waals surface area contributed by atoms with E-state index in [1.807, 2.05) is 44.2 Å². The Hall–Kier alpha value is -2.59. The highest BCUT2D eigenvalue weighted by Gasteiger charge is 2.55. The van der Waals surface area contributed by atoms with E-state index in [0.29, 0.717) is 37.9 Å². The minimum atomic E-state index is -4.94. The van der Waals surface area contributed by atoms with Crippen LogP contribution in [0.2, 0.25) is 0 Å². The number of carbonyl (C=O) groups is 1. The Balaban J connectivity index is 1.58. The predicted molar refractivity (Wildman–Crippen MR) is 123 cm³/mol. The van der Waals surface area contributed by atoms with E-state index in [2.05, 4.69) is 5.32 Å². The van der Waals surface area contributed by atoms with Crippen LogP contribution in [0.1, 0.15) is 68.4 Å². The number of alkyl halides is 6. The molecule has 2 aliphatic rings. The first-order chi connectivity index (χ1) is 17.1. The molecule has 2 saturated heterocycles. The number of benzene rings is 2. The first-order valence-corrected chi connectivity index (χ1v) is 12.0. The van der Waals surface area contributed by atoms with E-state index in [1.54, 1.807) is 0 Å². The molecule has 3 atom stereocenters. The molecule has 2 unspecified atom stereocenters. The van der Waals surface area contributed by atoms with Crippen molar-refractivity contribution < 1.29 is 40.6 Å². The van der Waals surface area contributed by atoms with E-state index in [1.165, 1.54) is 6.92 Å². The van der Waals surface area contributed by atoms with Crippen LogP contribution in [-0.2, 0) is 32.2 Å². The summed E-state index contributed by atoms with van der Waals surface area (Å²) in [5.74, 6) is -0.267. The highest BCUT2D eigenvalue weighted by Crippen LogP contribution is 2.47. The minimum Gasteiger partial charge on any atom is -0.457 e. The third kappa shape index (κ3) is 5.65. The third-order valence-electron chi connectivity index (χ3n) is 7.37. The molecule has 0 aromatic heterocycles. The molecule has 0 radical (unpaired) electrons. The highest BCUT2D eigenvalue weighted by atomic mass is 19.4. The molecular weight excluding hydrogens is 500 g/mol. The Bertz CT molecular complexity index is 1100. The molecule has 0 aliphatic carbocycles. The van der Waals surface area contributed by atoms with Gasteiger partial charge in [0.05, 0.1) is 34.8 Å². The molecule has 2 aromatic rings. The van der Waals surface area contributed by atoms with E-state index in [9.17, 15) is 31.1 Å². The SMILES string of the molecule is CC(OC[C@@]1(c2ccccc2)CCC2(CN1)CC(C)(C)C(=O)O2)c1cc(C(F)(F)F)cc(C(F)(F)F)c1. The summed E-state index contributed by atoms with van der Waals surface area (Å²) in [5.41, 5.74) is -4.17. The van der Waals surface area contributed by atoms with Crippen LogP contribution in [0.25, 0.3) is 0 Å². The standard InChI is InChI=1S/C27H29F6NO3/c1-17(18-11-20(26(28,29)30)13-21(12-18)27(31,32)33)36-16-25(19-7-5-4-6-8-19)10-9-24(15-34-25)14-23(2,3)22(35)37-24/h4-8,11-13,17,34H,9-10,14-16H2,1-3H3/t17?,24?,25-/m1/s1. The van der Waals surface area contributed by atoms with Gasteiger partial charge in [0.2, 0.25) is 0 Å². The lowest BCUT2D eigenvalue weighted by Crippen LogP contribution is -2.58. The summed E-state index contributed by atoms with van der Waals surface area (Å²) < 4.78 is 91.7. The molecule has 4 rings (SSSR count). The molecule has 10 heteroatoms. The Morgan fingerprint density at radius 3 is 2.03 bits per heavy atom. The second-order valence-corrected chi connectivity index (χ2v) is 10.7. The van der Waals surface area contributed by atoms with Crippen LogP contribution in [0.15, 0.2) is 48.5 Å². The fraction of sp³-hybridized carbons (Fsp3) is 0.519. The summed E-state index contributed by atoms with van der Waals surface area (Å²) >= 11 is 0. The van der Waals surface area contributed by atoms with Gasteiger partial charge in [-0.1, -0.05) is 30.3 Å². The average Bonchev–Trinajstić information content (AvgIpc) is 3.05. The number of piperidine rings is 1. The predicted octanol–water partition coefficient (Wildman–Crippen LogP) is 6.79. The van der Waals surface area contributed by atoms with Crippen molar-refractivity contribution in [1.82, 2.24) is 5.32 Å². The van der Waals surface area contributed by atoms with Gasteiger partial charge in [-0.15, -0.1) is 0 Å². The van der Waals surface area contributed by atoms with Crippen LogP contribution in [0, 0.1) is 5.41 Å². The van der Waals surface area contributed by atoms with Crippen LogP contribution in [0.4, 0.5) is 26.3 Å². The molecule has 1 spiro atoms. The second kappa shape index (κ2) is 9.31. The van der Waals surface area contributed by atoms with Crippen molar-refractivity contribution in [3.05, 3.63) is 70.8 Å². The molecule has 0 bridgehead atoms. The van der Waals surface area contributed by atoms with Gasteiger partial charge < -0.3 is 14.8 Å². The van der Waals surface area contributed by atoms with Crippen LogP contribution in [0.3, 0.4) is 0 Å². The average molecular weight is 530 g/mol. The number of hydrogen-bond donors (Lipinski definition) is 1. The van der Waals surface area contributed by atoms with E-state index in [0.717, 1.165) is 5.56 Å². The summed E-state index contributed by atoms with van der Waals surface area (Å²) in [4.78, 5) is 12.3. The normalized spacial score (nSPS) is 26.8. The maximum Gasteiger partial charge on any atom is 0.416 e. The number of halogens is 6. The van der Waals surface area contributed by atoms with Gasteiger partial charge in [0, 0.05) is 13.0 Å². The van der Waals surface area contributed by atoms with E-state index in [-0.39, 0.29) is 24.2 Å². The maximum absolute atomic E-state index is 13.3. The van der Waals surface area contributed by atoms with Gasteiger partial charge in [0.25, 0.3) is 0 Å². The van der Waals surface area contributed by atoms with Crippen molar-refractivity contribution in [2.75, 3.05) is 13.2 Å².